The molecule has 0 spiro atoms. The summed E-state index contributed by atoms with van der Waals surface area (Å²) in [6.45, 7) is 0. The molecule has 0 aliphatic rings. The van der Waals surface area contributed by atoms with Crippen molar-refractivity contribution in [3.05, 3.63) is 388 Å². The molecule has 14 aromatic carbocycles. The number of benzene rings is 14. The third-order valence-corrected chi connectivity index (χ3v) is 19.9. The van der Waals surface area contributed by atoms with Crippen molar-refractivity contribution in [2.75, 3.05) is 0 Å². The minimum atomic E-state index is 0.599. The first-order valence-electron chi connectivity index (χ1n) is 36.6. The first kappa shape index (κ1) is 65.7. The van der Waals surface area contributed by atoms with Crippen molar-refractivity contribution in [3.63, 3.8) is 0 Å². The molecule has 0 saturated carbocycles. The van der Waals surface area contributed by atoms with Gasteiger partial charge in [-0.25, -0.2) is 39.9 Å². The van der Waals surface area contributed by atoms with Crippen molar-refractivity contribution in [3.8, 4) is 158 Å². The summed E-state index contributed by atoms with van der Waals surface area (Å²) in [6, 6.07) is 132. The van der Waals surface area contributed by atoms with Crippen LogP contribution in [0.2, 0.25) is 0 Å². The van der Waals surface area contributed by atoms with Crippen LogP contribution >= 0.6 is 0 Å². The zero-order chi connectivity index (χ0) is 73.1. The van der Waals surface area contributed by atoms with E-state index in [-0.39, 0.29) is 0 Å². The van der Waals surface area contributed by atoms with Crippen LogP contribution in [0.25, 0.3) is 202 Å². The zero-order valence-corrected chi connectivity index (χ0v) is 59.3. The molecular weight excluding hydrogens is 1350 g/mol. The van der Waals surface area contributed by atoms with E-state index in [0.29, 0.717) is 34.9 Å². The van der Waals surface area contributed by atoms with Gasteiger partial charge in [0.15, 0.2) is 46.1 Å². The monoisotopic (exact) mass is 1410 g/mol. The van der Waals surface area contributed by atoms with Crippen molar-refractivity contribution < 1.29 is 8.83 Å². The average Bonchev–Trinajstić information content (AvgIpc) is 1.58. The highest BCUT2D eigenvalue weighted by molar-refractivity contribution is 6.20. The van der Waals surface area contributed by atoms with Crippen molar-refractivity contribution in [2.24, 2.45) is 0 Å². The van der Waals surface area contributed by atoms with Crippen LogP contribution < -0.4 is 0 Å². The van der Waals surface area contributed by atoms with Crippen molar-refractivity contribution in [2.45, 2.75) is 0 Å². The van der Waals surface area contributed by atoms with Crippen LogP contribution in [0.1, 0.15) is 0 Å². The Morgan fingerprint density at radius 3 is 0.745 bits per heavy atom. The van der Waals surface area contributed by atoms with Gasteiger partial charge in [-0.2, -0.15) is 0 Å². The second kappa shape index (κ2) is 29.2. The molecule has 0 amide bonds. The second-order valence-corrected chi connectivity index (χ2v) is 26.8. The van der Waals surface area contributed by atoms with Gasteiger partial charge in [-0.15, -0.1) is 0 Å². The molecule has 20 rings (SSSR count). The molecule has 0 atom stereocenters. The SMILES string of the molecule is c1ccc(-c2cccc(-c3nc(-c4ccccc4)nc(-c4ccc(-c5c(-c6ccccc6)oc6c(-c7ccccc7)nc7ccccc7c56)cc4)n3)c2)cc1.c1ccc(-c2nc(-c3ccccc3)nc(-c3ccc(-c4ccc(-c5c(-c6ccccc6)oc6c(-c7ccccc7)nc7ccccc7c56)cc4)cc3)n2)cc1. The van der Waals surface area contributed by atoms with Gasteiger partial charge in [-0.3, -0.25) is 0 Å². The predicted molar refractivity (Wildman–Crippen MR) is 446 cm³/mol. The Kier molecular flexibility index (Phi) is 17.4. The fourth-order valence-electron chi connectivity index (χ4n) is 14.5. The van der Waals surface area contributed by atoms with Gasteiger partial charge < -0.3 is 8.83 Å². The van der Waals surface area contributed by atoms with E-state index in [9.17, 15) is 0 Å². The van der Waals surface area contributed by atoms with Crippen LogP contribution in [0.5, 0.6) is 0 Å². The minimum absolute atomic E-state index is 0.599. The molecule has 6 aromatic heterocycles. The predicted octanol–water partition coefficient (Wildman–Crippen LogP) is 25.7. The number of fused-ring (bicyclic) bond motifs is 6. The van der Waals surface area contributed by atoms with Gasteiger partial charge in [-0.05, 0) is 51.6 Å². The number of furan rings is 2. The second-order valence-electron chi connectivity index (χ2n) is 26.8. The van der Waals surface area contributed by atoms with Crippen molar-refractivity contribution >= 4 is 43.7 Å². The minimum Gasteiger partial charge on any atom is -0.453 e. The number of pyridine rings is 2. The molecule has 0 fully saturated rings. The lowest BCUT2D eigenvalue weighted by Gasteiger charge is -2.11. The molecule has 10 nitrogen and oxygen atoms in total. The quantitative estimate of drug-likeness (QED) is 0.104. The number of hydrogen-bond acceptors (Lipinski definition) is 10. The van der Waals surface area contributed by atoms with Gasteiger partial charge in [0.2, 0.25) is 0 Å². The lowest BCUT2D eigenvalue weighted by Crippen LogP contribution is -2.00. The van der Waals surface area contributed by atoms with E-state index in [0.717, 1.165) is 167 Å². The largest absolute Gasteiger partial charge is 0.453 e. The first-order valence-corrected chi connectivity index (χ1v) is 36.6. The number of aromatic nitrogens is 8. The van der Waals surface area contributed by atoms with Gasteiger partial charge in [0.05, 0.1) is 11.0 Å². The summed E-state index contributed by atoms with van der Waals surface area (Å²) in [5.41, 5.74) is 23.2. The lowest BCUT2D eigenvalue weighted by atomic mass is 9.94. The number of nitrogens with zero attached hydrogens (tertiary/aromatic N) is 8. The standard InChI is InChI=1S/2C50H32N4O/c1-5-16-33(17-6-1)39-24-15-25-40(32-39)50-53-48(37-22-11-4-12-23-37)52-49(54-50)38-30-28-34(29-31-38)43-44-41-26-13-14-27-42(41)51-45(35-18-7-2-8-19-35)47(44)55-46(43)36-20-9-3-10-21-36;1-5-15-36(16-6-1)45-47-44(41-23-13-14-24-42(41)51-45)43(46(55-47)37-17-7-2-8-18-37)35-29-25-33(26-30-35)34-27-31-40(32-28-34)50-53-48(38-19-9-3-10-20-38)52-49(54-50)39-21-11-4-12-22-39/h2*1-32H. The Morgan fingerprint density at radius 1 is 0.164 bits per heavy atom. The van der Waals surface area contributed by atoms with Crippen LogP contribution in [0.4, 0.5) is 0 Å². The van der Waals surface area contributed by atoms with E-state index >= 15 is 0 Å². The van der Waals surface area contributed by atoms with E-state index in [1.165, 1.54) is 0 Å². The third kappa shape index (κ3) is 12.9. The van der Waals surface area contributed by atoms with Gasteiger partial charge in [0, 0.05) is 88.3 Å². The summed E-state index contributed by atoms with van der Waals surface area (Å²) in [4.78, 5) is 40.0. The Labute approximate surface area is 634 Å². The Hall–Kier alpha value is -15.0. The first-order chi connectivity index (χ1) is 54.5. The van der Waals surface area contributed by atoms with E-state index in [1.807, 2.05) is 170 Å². The summed E-state index contributed by atoms with van der Waals surface area (Å²) in [7, 11) is 0. The van der Waals surface area contributed by atoms with E-state index in [2.05, 4.69) is 218 Å². The van der Waals surface area contributed by atoms with E-state index in [4.69, 9.17) is 48.7 Å². The summed E-state index contributed by atoms with van der Waals surface area (Å²) < 4.78 is 13.8. The Bertz CT molecular complexity index is 6630. The Morgan fingerprint density at radius 2 is 0.400 bits per heavy atom. The molecule has 0 aliphatic heterocycles. The molecule has 0 N–H and O–H groups in total. The Balaban J connectivity index is 0.000000149. The third-order valence-electron chi connectivity index (χ3n) is 19.9. The van der Waals surface area contributed by atoms with E-state index in [1.54, 1.807) is 0 Å². The molecule has 110 heavy (non-hydrogen) atoms. The zero-order valence-electron chi connectivity index (χ0n) is 59.3. The smallest absolute Gasteiger partial charge is 0.164 e. The highest BCUT2D eigenvalue weighted by Crippen LogP contribution is 2.49. The fourth-order valence-corrected chi connectivity index (χ4v) is 14.5. The number of para-hydroxylation sites is 2. The number of hydrogen-bond donors (Lipinski definition) is 0. The van der Waals surface area contributed by atoms with Crippen molar-refractivity contribution in [1.82, 2.24) is 39.9 Å². The normalized spacial score (nSPS) is 11.3. The molecule has 0 saturated heterocycles. The average molecular weight is 1410 g/mol. The maximum Gasteiger partial charge on any atom is 0.164 e. The van der Waals surface area contributed by atoms with Crippen LogP contribution in [0, 0.1) is 0 Å². The van der Waals surface area contributed by atoms with Gasteiger partial charge >= 0.3 is 0 Å². The van der Waals surface area contributed by atoms with Crippen LogP contribution in [-0.4, -0.2) is 39.9 Å². The molecule has 516 valence electrons. The molecule has 0 radical (unpaired) electrons. The van der Waals surface area contributed by atoms with Crippen molar-refractivity contribution in [1.29, 1.82) is 0 Å². The maximum absolute atomic E-state index is 6.92. The molecular formula is C100H64N8O2. The molecule has 0 bridgehead atoms. The molecule has 0 aliphatic carbocycles. The summed E-state index contributed by atoms with van der Waals surface area (Å²) >= 11 is 0. The van der Waals surface area contributed by atoms with E-state index < -0.39 is 0 Å². The summed E-state index contributed by atoms with van der Waals surface area (Å²) in [5, 5.41) is 4.18. The van der Waals surface area contributed by atoms with Gasteiger partial charge in [-0.1, -0.05) is 370 Å². The maximum atomic E-state index is 6.92. The van der Waals surface area contributed by atoms with Gasteiger partial charge in [0.25, 0.3) is 0 Å². The number of rotatable bonds is 14. The topological polar surface area (TPSA) is 129 Å². The highest BCUT2D eigenvalue weighted by atomic mass is 16.3. The lowest BCUT2D eigenvalue weighted by molar-refractivity contribution is 0.632. The fraction of sp³-hybridized carbons (Fsp3) is 0. The summed E-state index contributed by atoms with van der Waals surface area (Å²) in [6.07, 6.45) is 0. The molecule has 0 unspecified atom stereocenters. The van der Waals surface area contributed by atoms with Gasteiger partial charge in [0.1, 0.15) is 22.9 Å². The summed E-state index contributed by atoms with van der Waals surface area (Å²) in [5.74, 6) is 5.37. The van der Waals surface area contributed by atoms with Crippen LogP contribution in [0.15, 0.2) is 397 Å². The molecule has 10 heteroatoms. The molecule has 6 heterocycles. The highest BCUT2D eigenvalue weighted by Gasteiger charge is 2.27. The van der Waals surface area contributed by atoms with Crippen LogP contribution in [-0.2, 0) is 0 Å². The van der Waals surface area contributed by atoms with Crippen LogP contribution in [0.3, 0.4) is 0 Å². The molecule has 20 aromatic rings.